The predicted molar refractivity (Wildman–Crippen MR) is 94.2 cm³/mol. The molecule has 0 saturated carbocycles. The Bertz CT molecular complexity index is 358. The summed E-state index contributed by atoms with van der Waals surface area (Å²) in [5.41, 5.74) is 0.668. The van der Waals surface area contributed by atoms with Crippen LogP contribution in [0, 0.1) is 11.3 Å². The molecule has 22 heavy (non-hydrogen) atoms. The fourth-order valence-electron chi connectivity index (χ4n) is 4.95. The van der Waals surface area contributed by atoms with Crippen molar-refractivity contribution in [3.8, 4) is 0 Å². The summed E-state index contributed by atoms with van der Waals surface area (Å²) in [6, 6.07) is 1.46. The zero-order valence-corrected chi connectivity index (χ0v) is 15.4. The third-order valence-corrected chi connectivity index (χ3v) is 6.67. The van der Waals surface area contributed by atoms with Crippen molar-refractivity contribution in [2.45, 2.75) is 65.5 Å². The van der Waals surface area contributed by atoms with Gasteiger partial charge in [0.25, 0.3) is 0 Å². The summed E-state index contributed by atoms with van der Waals surface area (Å²) in [7, 11) is 0. The van der Waals surface area contributed by atoms with Gasteiger partial charge in [0.1, 0.15) is 0 Å². The summed E-state index contributed by atoms with van der Waals surface area (Å²) in [5.74, 6) is 0.924. The first-order chi connectivity index (χ1) is 10.5. The summed E-state index contributed by atoms with van der Waals surface area (Å²) in [6.07, 6.45) is 5.75. The molecule has 3 aliphatic rings. The molecule has 1 atom stereocenters. The normalized spacial score (nSPS) is 31.1. The molecule has 1 spiro atoms. The Morgan fingerprint density at radius 2 is 1.50 bits per heavy atom. The van der Waals surface area contributed by atoms with Crippen molar-refractivity contribution in [2.24, 2.45) is 11.3 Å². The second kappa shape index (κ2) is 6.78. The molecule has 3 heterocycles. The Balaban J connectivity index is 1.45. The van der Waals surface area contributed by atoms with Crippen LogP contribution in [0.2, 0.25) is 0 Å². The lowest BCUT2D eigenvalue weighted by molar-refractivity contribution is 0.0853. The lowest BCUT2D eigenvalue weighted by atomic mass is 9.77. The van der Waals surface area contributed by atoms with Gasteiger partial charge in [-0.15, -0.1) is 0 Å². The number of rotatable bonds is 4. The summed E-state index contributed by atoms with van der Waals surface area (Å²) in [5, 5.41) is 0. The molecule has 1 unspecified atom stereocenters. The number of hydrogen-bond acceptors (Lipinski definition) is 3. The molecule has 3 saturated heterocycles. The predicted octanol–water partition coefficient (Wildman–Crippen LogP) is 2.91. The molecule has 0 bridgehead atoms. The molecule has 3 heteroatoms. The van der Waals surface area contributed by atoms with Gasteiger partial charge in [0, 0.05) is 31.7 Å². The van der Waals surface area contributed by atoms with Gasteiger partial charge in [-0.3, -0.25) is 0 Å². The van der Waals surface area contributed by atoms with Crippen LogP contribution in [0.25, 0.3) is 0 Å². The molecule has 0 aromatic heterocycles. The van der Waals surface area contributed by atoms with E-state index in [2.05, 4.69) is 42.4 Å². The zero-order valence-electron chi connectivity index (χ0n) is 15.4. The van der Waals surface area contributed by atoms with Crippen molar-refractivity contribution < 1.29 is 0 Å². The van der Waals surface area contributed by atoms with E-state index in [9.17, 15) is 0 Å². The van der Waals surface area contributed by atoms with E-state index >= 15 is 0 Å². The molecule has 128 valence electrons. The van der Waals surface area contributed by atoms with Crippen molar-refractivity contribution in [2.75, 3.05) is 45.8 Å². The Hall–Kier alpha value is -0.120. The monoisotopic (exact) mass is 307 g/mol. The first-order valence-corrected chi connectivity index (χ1v) is 9.68. The second-order valence-electron chi connectivity index (χ2n) is 8.86. The van der Waals surface area contributed by atoms with Gasteiger partial charge in [0.05, 0.1) is 0 Å². The molecule has 3 fully saturated rings. The van der Waals surface area contributed by atoms with E-state index in [0.29, 0.717) is 5.41 Å². The zero-order chi connectivity index (χ0) is 15.7. The average Bonchev–Trinajstić information content (AvgIpc) is 3.08. The minimum absolute atomic E-state index is 0.668. The van der Waals surface area contributed by atoms with Gasteiger partial charge in [-0.2, -0.15) is 0 Å². The molecule has 0 radical (unpaired) electrons. The molecular weight excluding hydrogens is 270 g/mol. The van der Waals surface area contributed by atoms with Crippen molar-refractivity contribution >= 4 is 0 Å². The van der Waals surface area contributed by atoms with Gasteiger partial charge in [0.15, 0.2) is 0 Å². The van der Waals surface area contributed by atoms with E-state index in [1.807, 2.05) is 0 Å². The molecule has 3 nitrogen and oxygen atoms in total. The van der Waals surface area contributed by atoms with Crippen LogP contribution in [0.4, 0.5) is 0 Å². The van der Waals surface area contributed by atoms with Crippen molar-refractivity contribution in [1.82, 2.24) is 14.7 Å². The Labute approximate surface area is 138 Å². The van der Waals surface area contributed by atoms with E-state index in [-0.39, 0.29) is 0 Å². The van der Waals surface area contributed by atoms with E-state index in [1.54, 1.807) is 0 Å². The first kappa shape index (κ1) is 16.7. The highest BCUT2D eigenvalue weighted by molar-refractivity contribution is 4.95. The Kier molecular flexibility index (Phi) is 5.16. The van der Waals surface area contributed by atoms with Crippen LogP contribution in [0.1, 0.15) is 53.4 Å². The summed E-state index contributed by atoms with van der Waals surface area (Å²) in [6.45, 7) is 18.8. The second-order valence-corrected chi connectivity index (χ2v) is 8.86. The number of hydrogen-bond donors (Lipinski definition) is 0. The molecular formula is C19H37N3. The fraction of sp³-hybridized carbons (Fsp3) is 1.00. The minimum atomic E-state index is 0.668. The molecule has 0 aliphatic carbocycles. The van der Waals surface area contributed by atoms with E-state index in [0.717, 1.165) is 18.0 Å². The van der Waals surface area contributed by atoms with Crippen LogP contribution in [0.3, 0.4) is 0 Å². The van der Waals surface area contributed by atoms with Crippen LogP contribution in [0.15, 0.2) is 0 Å². The number of likely N-dealkylation sites (tertiary alicyclic amines) is 3. The third-order valence-electron chi connectivity index (χ3n) is 6.67. The highest BCUT2D eigenvalue weighted by Crippen LogP contribution is 2.41. The van der Waals surface area contributed by atoms with Gasteiger partial charge in [-0.25, -0.2) is 0 Å². The lowest BCUT2D eigenvalue weighted by Gasteiger charge is -2.41. The van der Waals surface area contributed by atoms with Crippen molar-refractivity contribution in [1.29, 1.82) is 0 Å². The van der Waals surface area contributed by atoms with Crippen molar-refractivity contribution in [3.63, 3.8) is 0 Å². The van der Waals surface area contributed by atoms with Gasteiger partial charge in [-0.05, 0) is 90.9 Å². The van der Waals surface area contributed by atoms with Crippen LogP contribution in [-0.4, -0.2) is 72.6 Å². The highest BCUT2D eigenvalue weighted by Gasteiger charge is 2.41. The van der Waals surface area contributed by atoms with Gasteiger partial charge in [-0.1, -0.05) is 0 Å². The molecule has 0 N–H and O–H groups in total. The lowest BCUT2D eigenvalue weighted by Crippen LogP contribution is -2.44. The maximum atomic E-state index is 2.81. The molecule has 3 aliphatic heterocycles. The minimum Gasteiger partial charge on any atom is -0.302 e. The maximum Gasteiger partial charge on any atom is 0.00395 e. The smallest absolute Gasteiger partial charge is 0.00395 e. The summed E-state index contributed by atoms with van der Waals surface area (Å²) >= 11 is 0. The topological polar surface area (TPSA) is 9.72 Å². The van der Waals surface area contributed by atoms with Crippen LogP contribution in [0.5, 0.6) is 0 Å². The fourth-order valence-corrected chi connectivity index (χ4v) is 4.95. The van der Waals surface area contributed by atoms with Crippen LogP contribution >= 0.6 is 0 Å². The molecule has 0 amide bonds. The Morgan fingerprint density at radius 1 is 0.864 bits per heavy atom. The van der Waals surface area contributed by atoms with Gasteiger partial charge in [0.2, 0.25) is 0 Å². The van der Waals surface area contributed by atoms with E-state index < -0.39 is 0 Å². The molecule has 0 aromatic rings. The van der Waals surface area contributed by atoms with Crippen LogP contribution in [-0.2, 0) is 0 Å². The number of nitrogens with zero attached hydrogens (tertiary/aromatic N) is 3. The summed E-state index contributed by atoms with van der Waals surface area (Å²) in [4.78, 5) is 8.14. The largest absolute Gasteiger partial charge is 0.302 e. The number of piperidine rings is 1. The van der Waals surface area contributed by atoms with Gasteiger partial charge >= 0.3 is 0 Å². The van der Waals surface area contributed by atoms with E-state index in [4.69, 9.17) is 0 Å². The first-order valence-electron chi connectivity index (χ1n) is 9.68. The highest BCUT2D eigenvalue weighted by atomic mass is 15.2. The SMILES string of the molecule is CC(C)N1CCC2(CCN(CC3CCN(C(C)C)C3)C2)CC1. The average molecular weight is 308 g/mol. The third kappa shape index (κ3) is 3.68. The van der Waals surface area contributed by atoms with Crippen molar-refractivity contribution in [3.05, 3.63) is 0 Å². The van der Waals surface area contributed by atoms with Crippen LogP contribution < -0.4 is 0 Å². The van der Waals surface area contributed by atoms with Gasteiger partial charge < -0.3 is 14.7 Å². The summed E-state index contributed by atoms with van der Waals surface area (Å²) < 4.78 is 0. The quantitative estimate of drug-likeness (QED) is 0.791. The Morgan fingerprint density at radius 3 is 2.09 bits per heavy atom. The maximum absolute atomic E-state index is 2.81. The molecule has 0 aromatic carbocycles. The van der Waals surface area contributed by atoms with E-state index in [1.165, 1.54) is 71.5 Å². The molecule has 3 rings (SSSR count). The standard InChI is InChI=1S/C19H37N3/c1-16(2)21-11-7-19(8-12-21)6-10-20(15-19)13-18-5-9-22(14-18)17(3)4/h16-18H,5-15H2,1-4H3.